The number of thiophene rings is 1. The molecule has 0 radical (unpaired) electrons. The van der Waals surface area contributed by atoms with E-state index in [2.05, 4.69) is 19.9 Å². The Hall–Kier alpha value is -4.70. The third-order valence-electron chi connectivity index (χ3n) is 7.68. The van der Waals surface area contributed by atoms with E-state index >= 15 is 0 Å². The summed E-state index contributed by atoms with van der Waals surface area (Å²) in [5, 5.41) is 2.69. The number of nitrogens with zero attached hydrogens (tertiary/aromatic N) is 4. The monoisotopic (exact) mass is 581 g/mol. The van der Waals surface area contributed by atoms with Crippen molar-refractivity contribution in [2.24, 2.45) is 0 Å². The van der Waals surface area contributed by atoms with Gasteiger partial charge in [0.1, 0.15) is 17.3 Å². The van der Waals surface area contributed by atoms with Crippen LogP contribution in [0.3, 0.4) is 0 Å². The van der Waals surface area contributed by atoms with Crippen LogP contribution in [0.25, 0.3) is 21.8 Å². The van der Waals surface area contributed by atoms with Crippen LogP contribution in [0.4, 0.5) is 20.2 Å². The highest BCUT2D eigenvalue weighted by Gasteiger charge is 2.30. The van der Waals surface area contributed by atoms with Crippen molar-refractivity contribution >= 4 is 34.5 Å². The molecule has 210 valence electrons. The number of halogens is 2. The van der Waals surface area contributed by atoms with Crippen molar-refractivity contribution in [1.82, 2.24) is 14.5 Å². The number of rotatable bonds is 5. The normalized spacial score (nSPS) is 14.2. The first-order valence-corrected chi connectivity index (χ1v) is 14.5. The number of carbonyl (C=O) groups is 2. The maximum atomic E-state index is 14.6. The number of carbonyl (C=O) groups excluding carboxylic acids is 2. The summed E-state index contributed by atoms with van der Waals surface area (Å²) >= 11 is 1.24. The fraction of sp³-hybridized carbons (Fsp3) is 0.188. The molecule has 1 saturated carbocycles. The van der Waals surface area contributed by atoms with Crippen LogP contribution in [0, 0.1) is 18.6 Å². The first-order valence-electron chi connectivity index (χ1n) is 13.7. The van der Waals surface area contributed by atoms with Crippen molar-refractivity contribution in [2.45, 2.75) is 32.2 Å². The number of fused-ring (bicyclic) bond motifs is 3. The molecule has 0 bridgehead atoms. The van der Waals surface area contributed by atoms with Gasteiger partial charge in [-0.1, -0.05) is 18.2 Å². The molecule has 10 heteroatoms. The number of hydrogen-bond donors (Lipinski definition) is 1. The fourth-order valence-corrected chi connectivity index (χ4v) is 6.52. The van der Waals surface area contributed by atoms with Crippen LogP contribution in [-0.4, -0.2) is 32.9 Å². The van der Waals surface area contributed by atoms with Gasteiger partial charge in [-0.05, 0) is 79.8 Å². The molecule has 5 aromatic rings. The average Bonchev–Trinajstić information content (AvgIpc) is 3.59. The van der Waals surface area contributed by atoms with E-state index in [4.69, 9.17) is 0 Å². The lowest BCUT2D eigenvalue weighted by molar-refractivity contribution is 0.0981. The van der Waals surface area contributed by atoms with Crippen molar-refractivity contribution in [2.75, 3.05) is 16.8 Å². The lowest BCUT2D eigenvalue weighted by Gasteiger charge is -2.23. The van der Waals surface area contributed by atoms with Crippen LogP contribution in [0.5, 0.6) is 0 Å². The summed E-state index contributed by atoms with van der Waals surface area (Å²) in [4.78, 5) is 38.8. The second-order valence-corrected chi connectivity index (χ2v) is 11.6. The standard InChI is InChI=1S/C32H25F2N5O2S/c1-18-4-2-5-23(34)29(18)37-31(40)28-14-19-12-13-38(26-15-20(33)8-11-22(26)30(19)42-28)32(41)25-7-3-6-24(36-25)27-16-35-17-39(27)21-9-10-21/h2-8,11,14-17,21H,9-10,12-13H2,1H3,(H,37,40). The van der Waals surface area contributed by atoms with E-state index in [0.717, 1.165) is 29.0 Å². The molecule has 1 aliphatic heterocycles. The molecule has 7 rings (SSSR count). The van der Waals surface area contributed by atoms with Crippen LogP contribution < -0.4 is 10.2 Å². The third kappa shape index (κ3) is 4.67. The molecule has 0 atom stereocenters. The van der Waals surface area contributed by atoms with Crippen molar-refractivity contribution in [3.63, 3.8) is 0 Å². The third-order valence-corrected chi connectivity index (χ3v) is 8.88. The fourth-order valence-electron chi connectivity index (χ4n) is 5.38. The molecule has 0 spiro atoms. The van der Waals surface area contributed by atoms with Crippen LogP contribution in [-0.2, 0) is 6.42 Å². The van der Waals surface area contributed by atoms with Crippen LogP contribution in [0.2, 0.25) is 0 Å². The van der Waals surface area contributed by atoms with E-state index in [1.807, 2.05) is 6.07 Å². The zero-order valence-corrected chi connectivity index (χ0v) is 23.4. The minimum atomic E-state index is -0.508. The van der Waals surface area contributed by atoms with E-state index in [9.17, 15) is 18.4 Å². The summed E-state index contributed by atoms with van der Waals surface area (Å²) in [5.41, 5.74) is 4.42. The van der Waals surface area contributed by atoms with E-state index in [1.165, 1.54) is 29.5 Å². The highest BCUT2D eigenvalue weighted by molar-refractivity contribution is 7.17. The molecule has 0 saturated heterocycles. The molecule has 2 amide bonds. The summed E-state index contributed by atoms with van der Waals surface area (Å²) in [6.07, 6.45) is 6.17. The van der Waals surface area contributed by atoms with Gasteiger partial charge in [-0.25, -0.2) is 18.7 Å². The number of hydrogen-bond acceptors (Lipinski definition) is 5. The summed E-state index contributed by atoms with van der Waals surface area (Å²) in [6, 6.07) is 16.4. The van der Waals surface area contributed by atoms with Gasteiger partial charge in [0, 0.05) is 23.0 Å². The van der Waals surface area contributed by atoms with Crippen molar-refractivity contribution in [3.8, 4) is 21.8 Å². The molecule has 4 heterocycles. The van der Waals surface area contributed by atoms with E-state index in [1.54, 1.807) is 60.7 Å². The summed E-state index contributed by atoms with van der Waals surface area (Å²) in [6.45, 7) is 1.99. The molecule has 42 heavy (non-hydrogen) atoms. The Bertz CT molecular complexity index is 1860. The van der Waals surface area contributed by atoms with Gasteiger partial charge in [0.15, 0.2) is 0 Å². The molecule has 3 aromatic heterocycles. The van der Waals surface area contributed by atoms with Gasteiger partial charge in [0.05, 0.1) is 40.2 Å². The van der Waals surface area contributed by atoms with Gasteiger partial charge >= 0.3 is 0 Å². The lowest BCUT2D eigenvalue weighted by Crippen LogP contribution is -2.33. The predicted molar refractivity (Wildman–Crippen MR) is 158 cm³/mol. The van der Waals surface area contributed by atoms with Gasteiger partial charge in [-0.2, -0.15) is 0 Å². The van der Waals surface area contributed by atoms with Gasteiger partial charge in [0.25, 0.3) is 11.8 Å². The van der Waals surface area contributed by atoms with E-state index < -0.39 is 17.5 Å². The minimum Gasteiger partial charge on any atom is -0.326 e. The zero-order valence-electron chi connectivity index (χ0n) is 22.6. The lowest BCUT2D eigenvalue weighted by atomic mass is 10.1. The Morgan fingerprint density at radius 3 is 2.69 bits per heavy atom. The number of aromatic nitrogens is 3. The van der Waals surface area contributed by atoms with Crippen LogP contribution in [0.1, 0.15) is 50.2 Å². The Labute approximate surface area is 244 Å². The maximum absolute atomic E-state index is 14.6. The molecule has 2 aliphatic rings. The van der Waals surface area contributed by atoms with E-state index in [-0.39, 0.29) is 23.8 Å². The van der Waals surface area contributed by atoms with Gasteiger partial charge < -0.3 is 14.8 Å². The number of imidazole rings is 1. The topological polar surface area (TPSA) is 80.1 Å². The molecule has 7 nitrogen and oxygen atoms in total. The Balaban J connectivity index is 1.21. The largest absolute Gasteiger partial charge is 0.326 e. The van der Waals surface area contributed by atoms with E-state index in [0.29, 0.717) is 39.8 Å². The minimum absolute atomic E-state index is 0.139. The molecule has 1 aliphatic carbocycles. The number of benzene rings is 2. The maximum Gasteiger partial charge on any atom is 0.276 e. The Kier molecular flexibility index (Phi) is 6.42. The summed E-state index contributed by atoms with van der Waals surface area (Å²) < 4.78 is 31.1. The second-order valence-electron chi connectivity index (χ2n) is 10.5. The highest BCUT2D eigenvalue weighted by Crippen LogP contribution is 2.43. The Morgan fingerprint density at radius 1 is 1.05 bits per heavy atom. The average molecular weight is 582 g/mol. The number of para-hydroxylation sites is 1. The summed E-state index contributed by atoms with van der Waals surface area (Å²) in [7, 11) is 0. The van der Waals surface area contributed by atoms with Gasteiger partial charge in [-0.3, -0.25) is 9.59 Å². The molecular weight excluding hydrogens is 556 g/mol. The number of aryl methyl sites for hydroxylation is 1. The van der Waals surface area contributed by atoms with Crippen LogP contribution in [0.15, 0.2) is 73.2 Å². The molecule has 1 fully saturated rings. The van der Waals surface area contributed by atoms with Crippen molar-refractivity contribution in [3.05, 3.63) is 107 Å². The number of amides is 2. The summed E-state index contributed by atoms with van der Waals surface area (Å²) in [5.74, 6) is -1.76. The van der Waals surface area contributed by atoms with Crippen molar-refractivity contribution in [1.29, 1.82) is 0 Å². The molecule has 2 aromatic carbocycles. The number of pyridine rings is 1. The molecule has 0 unspecified atom stereocenters. The van der Waals surface area contributed by atoms with Gasteiger partial charge in [-0.15, -0.1) is 11.3 Å². The molecular formula is C32H25F2N5O2S. The number of anilines is 2. The SMILES string of the molecule is Cc1cccc(F)c1NC(=O)c1cc2c(s1)-c1ccc(F)cc1N(C(=O)c1cccc(-c3cncn3C3CC3)n1)CC2. The Morgan fingerprint density at radius 2 is 1.88 bits per heavy atom. The predicted octanol–water partition coefficient (Wildman–Crippen LogP) is 7.05. The van der Waals surface area contributed by atoms with Crippen LogP contribution >= 0.6 is 11.3 Å². The first-order chi connectivity index (χ1) is 20.4. The zero-order chi connectivity index (χ0) is 29.0. The highest BCUT2D eigenvalue weighted by atomic mass is 32.1. The van der Waals surface area contributed by atoms with Gasteiger partial charge in [0.2, 0.25) is 0 Å². The van der Waals surface area contributed by atoms with Crippen molar-refractivity contribution < 1.29 is 18.4 Å². The quantitative estimate of drug-likeness (QED) is 0.241. The number of nitrogens with one attached hydrogen (secondary N) is 1. The smallest absolute Gasteiger partial charge is 0.276 e. The molecule has 1 N–H and O–H groups in total. The first kappa shape index (κ1) is 26.2. The second kappa shape index (κ2) is 10.3.